The fourth-order valence-corrected chi connectivity index (χ4v) is 2.72. The van der Waals surface area contributed by atoms with Gasteiger partial charge in [0, 0.05) is 24.3 Å². The normalized spacial score (nSPS) is 18.9. The molecule has 1 aliphatic carbocycles. The van der Waals surface area contributed by atoms with Crippen LogP contribution in [0, 0.1) is 6.92 Å². The van der Waals surface area contributed by atoms with Crippen LogP contribution in [0.3, 0.4) is 0 Å². The van der Waals surface area contributed by atoms with Crippen molar-refractivity contribution in [2.45, 2.75) is 38.8 Å². The van der Waals surface area contributed by atoms with Crippen LogP contribution in [-0.4, -0.2) is 9.78 Å². The highest BCUT2D eigenvalue weighted by Gasteiger charge is 2.23. The summed E-state index contributed by atoms with van der Waals surface area (Å²) in [4.78, 5) is 0. The van der Waals surface area contributed by atoms with Gasteiger partial charge in [-0.05, 0) is 37.8 Å². The molecule has 1 atom stereocenters. The minimum atomic E-state index is 0.409. The predicted octanol–water partition coefficient (Wildman–Crippen LogP) is 2.49. The van der Waals surface area contributed by atoms with E-state index in [2.05, 4.69) is 17.3 Å². The second-order valence-electron chi connectivity index (χ2n) is 5.02. The predicted molar refractivity (Wildman–Crippen MR) is 69.2 cm³/mol. The van der Waals surface area contributed by atoms with Crippen LogP contribution >= 0.6 is 0 Å². The summed E-state index contributed by atoms with van der Waals surface area (Å²) in [5.74, 6) is 1.03. The topological polar surface area (TPSA) is 43.0 Å². The number of hydrogen-bond acceptors (Lipinski definition) is 3. The quantitative estimate of drug-likeness (QED) is 0.903. The molecule has 2 heterocycles. The van der Waals surface area contributed by atoms with E-state index in [-0.39, 0.29) is 0 Å². The summed E-state index contributed by atoms with van der Waals surface area (Å²) in [5.41, 5.74) is 3.94. The third kappa shape index (κ3) is 1.97. The van der Waals surface area contributed by atoms with Crippen molar-refractivity contribution in [2.75, 3.05) is 0 Å². The molecular formula is C14H19N3O. The number of aromatic nitrogens is 2. The van der Waals surface area contributed by atoms with Crippen LogP contribution in [0.1, 0.15) is 41.5 Å². The van der Waals surface area contributed by atoms with Crippen molar-refractivity contribution >= 4 is 0 Å². The molecule has 1 N–H and O–H groups in total. The first-order valence-electron chi connectivity index (χ1n) is 6.53. The third-order valence-corrected chi connectivity index (χ3v) is 3.85. The Morgan fingerprint density at radius 2 is 2.44 bits per heavy atom. The number of rotatable bonds is 3. The summed E-state index contributed by atoms with van der Waals surface area (Å²) in [6, 6.07) is 2.42. The van der Waals surface area contributed by atoms with Crippen LogP contribution in [0.15, 0.2) is 22.9 Å². The molecule has 96 valence electrons. The fourth-order valence-electron chi connectivity index (χ4n) is 2.72. The molecule has 4 heteroatoms. The van der Waals surface area contributed by atoms with Gasteiger partial charge in [-0.15, -0.1) is 0 Å². The van der Waals surface area contributed by atoms with Crippen LogP contribution in [0.2, 0.25) is 0 Å². The molecule has 1 aliphatic rings. The van der Waals surface area contributed by atoms with Gasteiger partial charge in [0.2, 0.25) is 0 Å². The van der Waals surface area contributed by atoms with Crippen molar-refractivity contribution < 1.29 is 4.42 Å². The average Bonchev–Trinajstić information content (AvgIpc) is 2.95. The van der Waals surface area contributed by atoms with E-state index in [1.807, 2.05) is 24.0 Å². The summed E-state index contributed by atoms with van der Waals surface area (Å²) < 4.78 is 7.47. The van der Waals surface area contributed by atoms with Gasteiger partial charge < -0.3 is 9.73 Å². The minimum Gasteiger partial charge on any atom is -0.468 e. The van der Waals surface area contributed by atoms with E-state index < -0.39 is 0 Å². The Morgan fingerprint density at radius 1 is 1.56 bits per heavy atom. The van der Waals surface area contributed by atoms with Crippen molar-refractivity contribution in [3.63, 3.8) is 0 Å². The molecule has 2 aromatic rings. The van der Waals surface area contributed by atoms with Gasteiger partial charge in [-0.25, -0.2) is 0 Å². The molecule has 0 bridgehead atoms. The van der Waals surface area contributed by atoms with Crippen molar-refractivity contribution in [3.8, 4) is 0 Å². The highest BCUT2D eigenvalue weighted by atomic mass is 16.3. The van der Waals surface area contributed by atoms with Crippen molar-refractivity contribution in [1.82, 2.24) is 15.1 Å². The molecule has 2 aromatic heterocycles. The summed E-state index contributed by atoms with van der Waals surface area (Å²) in [6.07, 6.45) is 7.30. The molecule has 0 saturated heterocycles. The largest absolute Gasteiger partial charge is 0.468 e. The summed E-state index contributed by atoms with van der Waals surface area (Å²) in [7, 11) is 2.03. The minimum absolute atomic E-state index is 0.409. The van der Waals surface area contributed by atoms with Crippen LogP contribution in [0.4, 0.5) is 0 Å². The lowest BCUT2D eigenvalue weighted by atomic mass is 9.93. The van der Waals surface area contributed by atoms with Crippen LogP contribution < -0.4 is 5.32 Å². The number of furan rings is 1. The molecule has 0 spiro atoms. The number of aryl methyl sites for hydroxylation is 2. The Labute approximate surface area is 107 Å². The molecule has 1 unspecified atom stereocenters. The Bertz CT molecular complexity index is 541. The molecule has 3 rings (SSSR count). The number of nitrogens with one attached hydrogen (secondary N) is 1. The monoisotopic (exact) mass is 245 g/mol. The van der Waals surface area contributed by atoms with E-state index >= 15 is 0 Å². The lowest BCUT2D eigenvalue weighted by molar-refractivity contribution is 0.412. The zero-order valence-corrected chi connectivity index (χ0v) is 10.9. The van der Waals surface area contributed by atoms with Gasteiger partial charge in [-0.2, -0.15) is 5.10 Å². The van der Waals surface area contributed by atoms with Crippen molar-refractivity contribution in [1.29, 1.82) is 0 Å². The number of fused-ring (bicyclic) bond motifs is 1. The zero-order valence-electron chi connectivity index (χ0n) is 10.9. The number of nitrogens with zero attached hydrogens (tertiary/aromatic N) is 2. The Hall–Kier alpha value is -1.55. The fraction of sp³-hybridized carbons (Fsp3) is 0.500. The maximum Gasteiger partial charge on any atom is 0.120 e. The van der Waals surface area contributed by atoms with E-state index in [0.717, 1.165) is 18.7 Å². The van der Waals surface area contributed by atoms with Crippen molar-refractivity contribution in [2.24, 2.45) is 7.05 Å². The lowest BCUT2D eigenvalue weighted by Crippen LogP contribution is -2.25. The SMILES string of the molecule is Cc1ccoc1CNC1CCCc2c1cnn2C. The Morgan fingerprint density at radius 3 is 3.22 bits per heavy atom. The van der Waals surface area contributed by atoms with E-state index in [0.29, 0.717) is 6.04 Å². The van der Waals surface area contributed by atoms with E-state index in [1.165, 1.54) is 29.7 Å². The van der Waals surface area contributed by atoms with Gasteiger partial charge in [-0.3, -0.25) is 4.68 Å². The van der Waals surface area contributed by atoms with E-state index in [1.54, 1.807) is 6.26 Å². The zero-order chi connectivity index (χ0) is 12.5. The summed E-state index contributed by atoms with van der Waals surface area (Å²) in [6.45, 7) is 2.87. The molecule has 0 amide bonds. The molecular weight excluding hydrogens is 226 g/mol. The van der Waals surface area contributed by atoms with Gasteiger partial charge in [0.15, 0.2) is 0 Å². The molecule has 4 nitrogen and oxygen atoms in total. The van der Waals surface area contributed by atoms with E-state index in [9.17, 15) is 0 Å². The summed E-state index contributed by atoms with van der Waals surface area (Å²) >= 11 is 0. The van der Waals surface area contributed by atoms with Crippen LogP contribution in [0.5, 0.6) is 0 Å². The Kier molecular flexibility index (Phi) is 2.96. The first-order valence-corrected chi connectivity index (χ1v) is 6.53. The highest BCUT2D eigenvalue weighted by molar-refractivity contribution is 5.25. The Balaban J connectivity index is 1.73. The maximum absolute atomic E-state index is 5.47. The van der Waals surface area contributed by atoms with Gasteiger partial charge in [0.25, 0.3) is 0 Å². The second-order valence-corrected chi connectivity index (χ2v) is 5.02. The van der Waals surface area contributed by atoms with Crippen molar-refractivity contribution in [3.05, 3.63) is 41.1 Å². The molecule has 0 aromatic carbocycles. The standard InChI is InChI=1S/C14H19N3O/c1-10-6-7-18-14(10)9-15-12-4-3-5-13-11(12)8-16-17(13)2/h6-8,12,15H,3-5,9H2,1-2H3. The number of hydrogen-bond donors (Lipinski definition) is 1. The van der Waals surface area contributed by atoms with Gasteiger partial charge in [-0.1, -0.05) is 0 Å². The highest BCUT2D eigenvalue weighted by Crippen LogP contribution is 2.29. The third-order valence-electron chi connectivity index (χ3n) is 3.85. The molecule has 0 aliphatic heterocycles. The smallest absolute Gasteiger partial charge is 0.120 e. The molecule has 0 saturated carbocycles. The van der Waals surface area contributed by atoms with Gasteiger partial charge >= 0.3 is 0 Å². The first kappa shape index (κ1) is 11.5. The first-order chi connectivity index (χ1) is 8.75. The van der Waals surface area contributed by atoms with Gasteiger partial charge in [0.1, 0.15) is 5.76 Å². The second kappa shape index (κ2) is 4.61. The van der Waals surface area contributed by atoms with Gasteiger partial charge in [0.05, 0.1) is 19.0 Å². The molecule has 0 radical (unpaired) electrons. The summed E-state index contributed by atoms with van der Waals surface area (Å²) in [5, 5.41) is 7.95. The molecule has 0 fully saturated rings. The molecule has 18 heavy (non-hydrogen) atoms. The van der Waals surface area contributed by atoms with Crippen LogP contribution in [0.25, 0.3) is 0 Å². The lowest BCUT2D eigenvalue weighted by Gasteiger charge is -2.23. The maximum atomic E-state index is 5.47. The van der Waals surface area contributed by atoms with Crippen LogP contribution in [-0.2, 0) is 20.0 Å². The average molecular weight is 245 g/mol. The van der Waals surface area contributed by atoms with E-state index in [4.69, 9.17) is 4.42 Å².